The third-order valence-electron chi connectivity index (χ3n) is 4.35. The number of morpholine rings is 1. The zero-order valence-corrected chi connectivity index (χ0v) is 12.8. The molecule has 110 valence electrons. The van der Waals surface area contributed by atoms with Gasteiger partial charge in [-0.2, -0.15) is 0 Å². The molecule has 5 heteroatoms. The molecule has 0 spiro atoms. The lowest BCUT2D eigenvalue weighted by molar-refractivity contribution is -0.0582. The van der Waals surface area contributed by atoms with Gasteiger partial charge in [0.25, 0.3) is 0 Å². The predicted molar refractivity (Wildman–Crippen MR) is 75.2 cm³/mol. The van der Waals surface area contributed by atoms with E-state index in [1.807, 2.05) is 25.8 Å². The van der Waals surface area contributed by atoms with Gasteiger partial charge in [-0.15, -0.1) is 0 Å². The van der Waals surface area contributed by atoms with Gasteiger partial charge in [0.2, 0.25) is 0 Å². The first kappa shape index (κ1) is 14.6. The van der Waals surface area contributed by atoms with Crippen molar-refractivity contribution in [2.75, 3.05) is 33.3 Å². The van der Waals surface area contributed by atoms with Crippen molar-refractivity contribution in [3.8, 4) is 0 Å². The molecule has 0 aliphatic carbocycles. The van der Waals surface area contributed by atoms with Crippen molar-refractivity contribution < 1.29 is 9.53 Å². The second-order valence-corrected chi connectivity index (χ2v) is 6.20. The van der Waals surface area contributed by atoms with Gasteiger partial charge >= 0.3 is 6.03 Å². The number of fused-ring (bicyclic) bond motifs is 1. The average Bonchev–Trinajstić information content (AvgIpc) is 2.79. The molecule has 5 nitrogen and oxygen atoms in total. The zero-order chi connectivity index (χ0) is 14.2. The Balaban J connectivity index is 2.03. The molecule has 2 saturated heterocycles. The first-order valence-corrected chi connectivity index (χ1v) is 7.31. The molecule has 2 aliphatic rings. The van der Waals surface area contributed by atoms with E-state index >= 15 is 0 Å². The van der Waals surface area contributed by atoms with Crippen LogP contribution < -0.4 is 0 Å². The Morgan fingerprint density at radius 2 is 1.95 bits per heavy atom. The summed E-state index contributed by atoms with van der Waals surface area (Å²) in [6, 6.07) is 1.22. The van der Waals surface area contributed by atoms with Gasteiger partial charge in [-0.25, -0.2) is 4.79 Å². The Kier molecular flexibility index (Phi) is 4.36. The Labute approximate surface area is 116 Å². The second kappa shape index (κ2) is 5.67. The number of nitrogens with zero attached hydrogens (tertiary/aromatic N) is 3. The minimum atomic E-state index is 0.122. The molecule has 0 aromatic rings. The highest BCUT2D eigenvalue weighted by molar-refractivity contribution is 5.75. The van der Waals surface area contributed by atoms with Crippen LogP contribution in [-0.2, 0) is 4.74 Å². The van der Waals surface area contributed by atoms with E-state index in [9.17, 15) is 4.79 Å². The number of carbonyl (C=O) groups is 1. The smallest absolute Gasteiger partial charge is 0.320 e. The Morgan fingerprint density at radius 1 is 1.26 bits per heavy atom. The van der Waals surface area contributed by atoms with Gasteiger partial charge in [-0.1, -0.05) is 0 Å². The van der Waals surface area contributed by atoms with E-state index in [2.05, 4.69) is 18.7 Å². The number of ether oxygens (including phenoxy) is 1. The van der Waals surface area contributed by atoms with Crippen LogP contribution in [0.5, 0.6) is 0 Å². The van der Waals surface area contributed by atoms with Crippen LogP contribution in [0.3, 0.4) is 0 Å². The van der Waals surface area contributed by atoms with Crippen LogP contribution in [0, 0.1) is 0 Å². The standard InChI is InChI=1S/C14H27N3O2/c1-10(2)15(5)14(18)16-8-12-13(9-16)19-7-6-17(12)11(3)4/h10-13H,6-9H2,1-5H3. The van der Waals surface area contributed by atoms with Crippen molar-refractivity contribution in [3.05, 3.63) is 0 Å². The van der Waals surface area contributed by atoms with Crippen molar-refractivity contribution in [3.63, 3.8) is 0 Å². The van der Waals surface area contributed by atoms with Gasteiger partial charge in [0.15, 0.2) is 0 Å². The van der Waals surface area contributed by atoms with Crippen LogP contribution in [0.2, 0.25) is 0 Å². The van der Waals surface area contributed by atoms with Gasteiger partial charge < -0.3 is 14.5 Å². The highest BCUT2D eigenvalue weighted by atomic mass is 16.5. The molecule has 0 bridgehead atoms. The van der Waals surface area contributed by atoms with Gasteiger partial charge in [-0.3, -0.25) is 4.90 Å². The molecule has 2 rings (SSSR count). The van der Waals surface area contributed by atoms with Crippen molar-refractivity contribution in [2.24, 2.45) is 0 Å². The summed E-state index contributed by atoms with van der Waals surface area (Å²) in [5.41, 5.74) is 0. The van der Waals surface area contributed by atoms with Crippen LogP contribution in [0.15, 0.2) is 0 Å². The summed E-state index contributed by atoms with van der Waals surface area (Å²) in [6.45, 7) is 11.8. The first-order valence-electron chi connectivity index (χ1n) is 7.31. The summed E-state index contributed by atoms with van der Waals surface area (Å²) < 4.78 is 5.85. The van der Waals surface area contributed by atoms with E-state index in [0.29, 0.717) is 12.1 Å². The molecule has 19 heavy (non-hydrogen) atoms. The van der Waals surface area contributed by atoms with Crippen molar-refractivity contribution in [2.45, 2.75) is 51.9 Å². The molecule has 2 atom stereocenters. The maximum absolute atomic E-state index is 12.4. The molecule has 2 amide bonds. The number of urea groups is 1. The molecule has 0 saturated carbocycles. The summed E-state index contributed by atoms with van der Waals surface area (Å²) in [7, 11) is 1.87. The zero-order valence-electron chi connectivity index (χ0n) is 12.8. The van der Waals surface area contributed by atoms with E-state index in [4.69, 9.17) is 4.74 Å². The third-order valence-corrected chi connectivity index (χ3v) is 4.35. The fourth-order valence-electron chi connectivity index (χ4n) is 2.96. The van der Waals surface area contributed by atoms with Gasteiger partial charge in [0.05, 0.1) is 25.3 Å². The molecule has 0 radical (unpaired) electrons. The number of carbonyl (C=O) groups excluding carboxylic acids is 1. The Hall–Kier alpha value is -0.810. The number of hydrogen-bond donors (Lipinski definition) is 0. The lowest BCUT2D eigenvalue weighted by Gasteiger charge is -2.39. The fraction of sp³-hybridized carbons (Fsp3) is 0.929. The van der Waals surface area contributed by atoms with Crippen molar-refractivity contribution in [1.29, 1.82) is 0 Å². The van der Waals surface area contributed by atoms with E-state index in [1.54, 1.807) is 4.90 Å². The van der Waals surface area contributed by atoms with E-state index in [-0.39, 0.29) is 18.2 Å². The van der Waals surface area contributed by atoms with Crippen LogP contribution in [-0.4, -0.2) is 78.2 Å². The number of hydrogen-bond acceptors (Lipinski definition) is 3. The fourth-order valence-corrected chi connectivity index (χ4v) is 2.96. The Bertz CT molecular complexity index is 333. The first-order chi connectivity index (χ1) is 8.91. The SMILES string of the molecule is CC(C)N(C)C(=O)N1CC2OCCN(C(C)C)C2C1. The number of rotatable bonds is 2. The monoisotopic (exact) mass is 269 g/mol. The maximum atomic E-state index is 12.4. The van der Waals surface area contributed by atoms with Crippen LogP contribution in [0.4, 0.5) is 4.79 Å². The maximum Gasteiger partial charge on any atom is 0.320 e. The van der Waals surface area contributed by atoms with E-state index in [0.717, 1.165) is 26.2 Å². The molecule has 2 unspecified atom stereocenters. The van der Waals surface area contributed by atoms with E-state index in [1.165, 1.54) is 0 Å². The summed E-state index contributed by atoms with van der Waals surface area (Å²) >= 11 is 0. The summed E-state index contributed by atoms with van der Waals surface area (Å²) in [5.74, 6) is 0. The molecular formula is C14H27N3O2. The molecule has 0 N–H and O–H groups in total. The lowest BCUT2D eigenvalue weighted by atomic mass is 10.1. The minimum absolute atomic E-state index is 0.122. The average molecular weight is 269 g/mol. The van der Waals surface area contributed by atoms with Crippen LogP contribution in [0.25, 0.3) is 0 Å². The summed E-state index contributed by atoms with van der Waals surface area (Å²) in [6.07, 6.45) is 0.181. The quantitative estimate of drug-likeness (QED) is 0.757. The van der Waals surface area contributed by atoms with E-state index < -0.39 is 0 Å². The number of amides is 2. The Morgan fingerprint density at radius 3 is 2.53 bits per heavy atom. The van der Waals surface area contributed by atoms with Crippen LogP contribution >= 0.6 is 0 Å². The summed E-state index contributed by atoms with van der Waals surface area (Å²) in [4.78, 5) is 18.6. The van der Waals surface area contributed by atoms with Gasteiger partial charge in [0, 0.05) is 32.2 Å². The minimum Gasteiger partial charge on any atom is -0.373 e. The highest BCUT2D eigenvalue weighted by Crippen LogP contribution is 2.25. The molecular weight excluding hydrogens is 242 g/mol. The lowest BCUT2D eigenvalue weighted by Crippen LogP contribution is -2.53. The predicted octanol–water partition coefficient (Wildman–Crippen LogP) is 1.24. The normalized spacial score (nSPS) is 28.1. The topological polar surface area (TPSA) is 36.0 Å². The van der Waals surface area contributed by atoms with Gasteiger partial charge in [-0.05, 0) is 27.7 Å². The van der Waals surface area contributed by atoms with Crippen molar-refractivity contribution in [1.82, 2.24) is 14.7 Å². The summed E-state index contributed by atoms with van der Waals surface area (Å²) in [5, 5.41) is 0. The molecule has 2 fully saturated rings. The molecule has 0 aromatic carbocycles. The molecule has 0 aromatic heterocycles. The second-order valence-electron chi connectivity index (χ2n) is 6.20. The largest absolute Gasteiger partial charge is 0.373 e. The molecule has 2 heterocycles. The van der Waals surface area contributed by atoms with Gasteiger partial charge in [0.1, 0.15) is 0 Å². The van der Waals surface area contributed by atoms with Crippen molar-refractivity contribution >= 4 is 6.03 Å². The highest BCUT2D eigenvalue weighted by Gasteiger charge is 2.43. The van der Waals surface area contributed by atoms with Crippen LogP contribution in [0.1, 0.15) is 27.7 Å². The third kappa shape index (κ3) is 2.87. The molecule has 2 aliphatic heterocycles. The number of likely N-dealkylation sites (tertiary alicyclic amines) is 1.